The van der Waals surface area contributed by atoms with E-state index in [4.69, 9.17) is 5.73 Å². The summed E-state index contributed by atoms with van der Waals surface area (Å²) in [5.74, 6) is 0.898. The van der Waals surface area contributed by atoms with Gasteiger partial charge in [-0.3, -0.25) is 4.79 Å². The molecule has 0 radical (unpaired) electrons. The first-order valence-corrected chi connectivity index (χ1v) is 8.15. The summed E-state index contributed by atoms with van der Waals surface area (Å²) >= 11 is 0. The van der Waals surface area contributed by atoms with Crippen molar-refractivity contribution in [2.75, 3.05) is 25.0 Å². The van der Waals surface area contributed by atoms with Crippen molar-refractivity contribution in [3.8, 4) is 0 Å². The lowest BCUT2D eigenvalue weighted by Crippen LogP contribution is -2.38. The predicted molar refractivity (Wildman–Crippen MR) is 92.1 cm³/mol. The number of carbonyl (C=O) groups excluding carboxylic acids is 1. The zero-order valence-corrected chi connectivity index (χ0v) is 14.0. The van der Waals surface area contributed by atoms with Crippen LogP contribution in [0.3, 0.4) is 0 Å². The summed E-state index contributed by atoms with van der Waals surface area (Å²) < 4.78 is 13.1. The first-order valence-electron chi connectivity index (χ1n) is 8.15. The normalized spacial score (nSPS) is 27.1. The van der Waals surface area contributed by atoms with Gasteiger partial charge < -0.3 is 16.0 Å². The van der Waals surface area contributed by atoms with E-state index in [1.54, 1.807) is 12.1 Å². The third kappa shape index (κ3) is 4.66. The van der Waals surface area contributed by atoms with E-state index in [2.05, 4.69) is 10.2 Å². The smallest absolute Gasteiger partial charge is 0.225 e. The van der Waals surface area contributed by atoms with Crippen LogP contribution in [0.25, 0.3) is 0 Å². The SMILES string of the molecule is Cl.NC1CCCC2CN(CCC(=O)Nc3cccc(F)c3)CC12. The average Bonchev–Trinajstić information content (AvgIpc) is 2.90. The Labute approximate surface area is 143 Å². The van der Waals surface area contributed by atoms with Crippen molar-refractivity contribution in [2.45, 2.75) is 31.7 Å². The summed E-state index contributed by atoms with van der Waals surface area (Å²) in [6.45, 7) is 2.82. The fourth-order valence-electron chi connectivity index (χ4n) is 3.84. The van der Waals surface area contributed by atoms with E-state index in [0.29, 0.717) is 30.0 Å². The highest BCUT2D eigenvalue weighted by Gasteiger charge is 2.38. The van der Waals surface area contributed by atoms with Crippen LogP contribution in [0.15, 0.2) is 24.3 Å². The molecule has 128 valence electrons. The number of rotatable bonds is 4. The molecule has 0 spiro atoms. The highest BCUT2D eigenvalue weighted by Crippen LogP contribution is 2.35. The van der Waals surface area contributed by atoms with Crippen LogP contribution in [0.2, 0.25) is 0 Å². The van der Waals surface area contributed by atoms with Crippen LogP contribution >= 0.6 is 12.4 Å². The van der Waals surface area contributed by atoms with Crippen molar-refractivity contribution in [1.29, 1.82) is 0 Å². The predicted octanol–water partition coefficient (Wildman–Crippen LogP) is 2.64. The van der Waals surface area contributed by atoms with Gasteiger partial charge in [-0.05, 0) is 42.9 Å². The zero-order valence-electron chi connectivity index (χ0n) is 13.2. The van der Waals surface area contributed by atoms with E-state index in [9.17, 15) is 9.18 Å². The molecule has 23 heavy (non-hydrogen) atoms. The van der Waals surface area contributed by atoms with Crippen LogP contribution < -0.4 is 11.1 Å². The molecule has 6 heteroatoms. The number of halogens is 2. The van der Waals surface area contributed by atoms with Gasteiger partial charge in [0.2, 0.25) is 5.91 Å². The van der Waals surface area contributed by atoms with Crippen LogP contribution in [0.5, 0.6) is 0 Å². The largest absolute Gasteiger partial charge is 0.327 e. The maximum absolute atomic E-state index is 13.1. The molecule has 3 N–H and O–H groups in total. The van der Waals surface area contributed by atoms with E-state index >= 15 is 0 Å². The van der Waals surface area contributed by atoms with Crippen molar-refractivity contribution in [3.63, 3.8) is 0 Å². The molecule has 0 aromatic heterocycles. The minimum atomic E-state index is -0.338. The lowest BCUT2D eigenvalue weighted by molar-refractivity contribution is -0.116. The minimum absolute atomic E-state index is 0. The van der Waals surface area contributed by atoms with Gasteiger partial charge in [0.15, 0.2) is 0 Å². The summed E-state index contributed by atoms with van der Waals surface area (Å²) in [7, 11) is 0. The van der Waals surface area contributed by atoms with Crippen molar-refractivity contribution in [2.24, 2.45) is 17.6 Å². The number of hydrogen-bond acceptors (Lipinski definition) is 3. The van der Waals surface area contributed by atoms with Gasteiger partial charge in [-0.2, -0.15) is 0 Å². The van der Waals surface area contributed by atoms with Gasteiger partial charge in [0.05, 0.1) is 0 Å². The Morgan fingerprint density at radius 3 is 2.91 bits per heavy atom. The lowest BCUT2D eigenvalue weighted by atomic mass is 9.78. The number of hydrogen-bond donors (Lipinski definition) is 2. The molecule has 2 aliphatic rings. The number of anilines is 1. The van der Waals surface area contributed by atoms with E-state index in [-0.39, 0.29) is 24.1 Å². The highest BCUT2D eigenvalue weighted by atomic mass is 35.5. The fourth-order valence-corrected chi connectivity index (χ4v) is 3.84. The molecule has 1 saturated carbocycles. The molecule has 3 rings (SSSR count). The summed E-state index contributed by atoms with van der Waals surface area (Å²) in [4.78, 5) is 14.3. The Morgan fingerprint density at radius 1 is 1.35 bits per heavy atom. The Bertz CT molecular complexity index is 542. The molecule has 1 saturated heterocycles. The van der Waals surface area contributed by atoms with Crippen molar-refractivity contribution in [1.82, 2.24) is 4.90 Å². The van der Waals surface area contributed by atoms with Gasteiger partial charge in [-0.25, -0.2) is 4.39 Å². The number of nitrogens with zero attached hydrogens (tertiary/aromatic N) is 1. The Hall–Kier alpha value is -1.17. The van der Waals surface area contributed by atoms with Crippen molar-refractivity contribution >= 4 is 24.0 Å². The molecule has 0 bridgehead atoms. The number of nitrogens with two attached hydrogens (primary N) is 1. The molecule has 1 heterocycles. The number of carbonyl (C=O) groups is 1. The molecular weight excluding hydrogens is 317 g/mol. The van der Waals surface area contributed by atoms with Crippen LogP contribution in [0.4, 0.5) is 10.1 Å². The summed E-state index contributed by atoms with van der Waals surface area (Å²) in [5.41, 5.74) is 6.73. The number of benzene rings is 1. The summed E-state index contributed by atoms with van der Waals surface area (Å²) in [5, 5.41) is 2.75. The maximum Gasteiger partial charge on any atom is 0.225 e. The van der Waals surface area contributed by atoms with Gasteiger partial charge in [0.1, 0.15) is 5.82 Å². The number of nitrogens with one attached hydrogen (secondary N) is 1. The Balaban J connectivity index is 0.00000192. The molecule has 1 aliphatic carbocycles. The molecule has 2 fully saturated rings. The second-order valence-electron chi connectivity index (χ2n) is 6.59. The molecule has 1 aromatic carbocycles. The molecule has 1 amide bonds. The van der Waals surface area contributed by atoms with Gasteiger partial charge in [-0.15, -0.1) is 12.4 Å². The van der Waals surface area contributed by atoms with E-state index in [1.807, 2.05) is 0 Å². The second-order valence-corrected chi connectivity index (χ2v) is 6.59. The first-order chi connectivity index (χ1) is 10.6. The average molecular weight is 342 g/mol. The zero-order chi connectivity index (χ0) is 15.5. The van der Waals surface area contributed by atoms with Crippen LogP contribution in [0.1, 0.15) is 25.7 Å². The van der Waals surface area contributed by atoms with Gasteiger partial charge in [0, 0.05) is 37.8 Å². The molecule has 3 atom stereocenters. The third-order valence-corrected chi connectivity index (χ3v) is 4.99. The molecule has 3 unspecified atom stereocenters. The topological polar surface area (TPSA) is 58.4 Å². The monoisotopic (exact) mass is 341 g/mol. The highest BCUT2D eigenvalue weighted by molar-refractivity contribution is 5.90. The van der Waals surface area contributed by atoms with Gasteiger partial charge >= 0.3 is 0 Å². The number of amides is 1. The standard InChI is InChI=1S/C17H24FN3O.ClH/c18-13-4-2-5-14(9-13)20-17(22)7-8-21-10-12-3-1-6-16(19)15(12)11-21;/h2,4-5,9,12,15-16H,1,3,6-8,10-11,19H2,(H,20,22);1H. The summed E-state index contributed by atoms with van der Waals surface area (Å²) in [6.07, 6.45) is 4.07. The fraction of sp³-hybridized carbons (Fsp3) is 0.588. The Morgan fingerprint density at radius 2 is 2.17 bits per heavy atom. The van der Waals surface area contributed by atoms with E-state index in [0.717, 1.165) is 26.1 Å². The third-order valence-electron chi connectivity index (χ3n) is 4.99. The molecule has 1 aromatic rings. The van der Waals surface area contributed by atoms with Crippen molar-refractivity contribution < 1.29 is 9.18 Å². The van der Waals surface area contributed by atoms with Crippen LogP contribution in [-0.2, 0) is 4.79 Å². The number of likely N-dealkylation sites (tertiary alicyclic amines) is 1. The van der Waals surface area contributed by atoms with Gasteiger partial charge in [0.25, 0.3) is 0 Å². The minimum Gasteiger partial charge on any atom is -0.327 e. The maximum atomic E-state index is 13.1. The van der Waals surface area contributed by atoms with Crippen LogP contribution in [0, 0.1) is 17.7 Å². The molecule has 4 nitrogen and oxygen atoms in total. The first kappa shape index (κ1) is 18.2. The molecule has 1 aliphatic heterocycles. The second kappa shape index (κ2) is 8.08. The summed E-state index contributed by atoms with van der Waals surface area (Å²) in [6, 6.07) is 6.32. The lowest BCUT2D eigenvalue weighted by Gasteiger charge is -2.29. The number of fused-ring (bicyclic) bond motifs is 1. The van der Waals surface area contributed by atoms with Crippen LogP contribution in [-0.4, -0.2) is 36.5 Å². The molecular formula is C17H25ClFN3O. The van der Waals surface area contributed by atoms with E-state index < -0.39 is 0 Å². The van der Waals surface area contributed by atoms with Crippen molar-refractivity contribution in [3.05, 3.63) is 30.1 Å². The quantitative estimate of drug-likeness (QED) is 0.885. The van der Waals surface area contributed by atoms with E-state index in [1.165, 1.54) is 25.0 Å². The van der Waals surface area contributed by atoms with Gasteiger partial charge in [-0.1, -0.05) is 12.5 Å². The Kier molecular flexibility index (Phi) is 6.39.